The summed E-state index contributed by atoms with van der Waals surface area (Å²) < 4.78 is 6.12. The summed E-state index contributed by atoms with van der Waals surface area (Å²) in [5.41, 5.74) is 1.35. The number of rotatable bonds is 5. The zero-order valence-electron chi connectivity index (χ0n) is 11.4. The Hall–Kier alpha value is -0.620. The molecular formula is C14H20N2OS2. The third-order valence-corrected chi connectivity index (χ3v) is 4.94. The lowest BCUT2D eigenvalue weighted by molar-refractivity contribution is 0.128. The quantitative estimate of drug-likeness (QED) is 0.774. The Labute approximate surface area is 124 Å². The lowest BCUT2D eigenvalue weighted by atomic mass is 10.1. The van der Waals surface area contributed by atoms with Crippen LogP contribution >= 0.6 is 24.0 Å². The predicted octanol–water partition coefficient (Wildman–Crippen LogP) is 2.94. The minimum Gasteiger partial charge on any atom is -0.383 e. The van der Waals surface area contributed by atoms with E-state index in [0.29, 0.717) is 12.6 Å². The average molecular weight is 296 g/mol. The molecule has 1 aromatic rings. The molecule has 0 aromatic heterocycles. The summed E-state index contributed by atoms with van der Waals surface area (Å²) in [6.07, 6.45) is 0. The van der Waals surface area contributed by atoms with Crippen molar-refractivity contribution in [1.29, 1.82) is 0 Å². The molecule has 0 amide bonds. The third kappa shape index (κ3) is 3.92. The van der Waals surface area contributed by atoms with Crippen LogP contribution in [0.4, 0.5) is 0 Å². The van der Waals surface area contributed by atoms with Crippen LogP contribution in [-0.4, -0.2) is 46.9 Å². The Balaban J connectivity index is 1.99. The molecule has 0 N–H and O–H groups in total. The topological polar surface area (TPSA) is 15.7 Å². The number of hydrogen-bond acceptors (Lipinski definition) is 4. The van der Waals surface area contributed by atoms with Gasteiger partial charge in [0.25, 0.3) is 0 Å². The van der Waals surface area contributed by atoms with Crippen LogP contribution in [-0.2, 0) is 4.74 Å². The average Bonchev–Trinajstić information content (AvgIpc) is 2.46. The Kier molecular flexibility index (Phi) is 5.63. The number of benzene rings is 1. The summed E-state index contributed by atoms with van der Waals surface area (Å²) in [5.74, 6) is 0.957. The summed E-state index contributed by atoms with van der Waals surface area (Å²) in [7, 11) is 1.73. The van der Waals surface area contributed by atoms with Gasteiger partial charge in [-0.15, -0.1) is 0 Å². The van der Waals surface area contributed by atoms with Gasteiger partial charge in [0.2, 0.25) is 0 Å². The molecule has 1 aromatic carbocycles. The van der Waals surface area contributed by atoms with Crippen LogP contribution in [0.5, 0.6) is 0 Å². The predicted molar refractivity (Wildman–Crippen MR) is 85.2 cm³/mol. The second-order valence-electron chi connectivity index (χ2n) is 4.61. The summed E-state index contributed by atoms with van der Waals surface area (Å²) in [4.78, 5) is 4.65. The summed E-state index contributed by atoms with van der Waals surface area (Å²) in [6, 6.07) is 11.0. The van der Waals surface area contributed by atoms with Gasteiger partial charge < -0.3 is 9.64 Å². The van der Waals surface area contributed by atoms with Gasteiger partial charge in [-0.2, -0.15) is 0 Å². The number of methoxy groups -OCH3 is 1. The maximum Gasteiger partial charge on any atom is 0.138 e. The van der Waals surface area contributed by atoms with E-state index in [4.69, 9.17) is 17.0 Å². The van der Waals surface area contributed by atoms with Crippen molar-refractivity contribution in [3.8, 4) is 0 Å². The summed E-state index contributed by atoms with van der Waals surface area (Å²) in [5, 5.41) is 0. The Morgan fingerprint density at radius 3 is 2.79 bits per heavy atom. The molecule has 1 unspecified atom stereocenters. The van der Waals surface area contributed by atoms with Crippen molar-refractivity contribution in [1.82, 2.24) is 9.80 Å². The fraction of sp³-hybridized carbons (Fsp3) is 0.500. The molecule has 5 heteroatoms. The molecule has 3 nitrogen and oxygen atoms in total. The number of ether oxygens (including phenoxy) is 1. The molecule has 1 heterocycles. The third-order valence-electron chi connectivity index (χ3n) is 3.36. The second-order valence-corrected chi connectivity index (χ2v) is 6.19. The number of hydrogen-bond donors (Lipinski definition) is 0. The van der Waals surface area contributed by atoms with Gasteiger partial charge in [-0.25, -0.2) is 0 Å². The van der Waals surface area contributed by atoms with Gasteiger partial charge in [0.15, 0.2) is 0 Å². The second kappa shape index (κ2) is 7.24. The Morgan fingerprint density at radius 1 is 1.37 bits per heavy atom. The van der Waals surface area contributed by atoms with Crippen molar-refractivity contribution in [3.05, 3.63) is 35.9 Å². The molecule has 1 aliphatic rings. The molecule has 2 rings (SSSR count). The van der Waals surface area contributed by atoms with Crippen LogP contribution in [0, 0.1) is 0 Å². The SMILES string of the molecule is COCCN1CN(C(C)c2ccccc2)CSC1=S. The smallest absolute Gasteiger partial charge is 0.138 e. The van der Waals surface area contributed by atoms with E-state index >= 15 is 0 Å². The molecule has 1 atom stereocenters. The van der Waals surface area contributed by atoms with E-state index < -0.39 is 0 Å². The number of thiocarbonyl (C=S) groups is 1. The maximum absolute atomic E-state index is 5.40. The van der Waals surface area contributed by atoms with Crippen LogP contribution in [0.1, 0.15) is 18.5 Å². The molecule has 0 aliphatic carbocycles. The minimum atomic E-state index is 0.404. The van der Waals surface area contributed by atoms with Crippen molar-refractivity contribution in [3.63, 3.8) is 0 Å². The Bertz CT molecular complexity index is 413. The highest BCUT2D eigenvalue weighted by molar-refractivity contribution is 8.22. The molecule has 1 fully saturated rings. The molecule has 19 heavy (non-hydrogen) atoms. The van der Waals surface area contributed by atoms with E-state index in [1.807, 2.05) is 0 Å². The van der Waals surface area contributed by atoms with Gasteiger partial charge in [0, 0.05) is 19.7 Å². The number of nitrogens with zero attached hydrogens (tertiary/aromatic N) is 2. The summed E-state index contributed by atoms with van der Waals surface area (Å²) >= 11 is 7.14. The van der Waals surface area contributed by atoms with Gasteiger partial charge in [0.1, 0.15) is 4.32 Å². The van der Waals surface area contributed by atoms with Crippen LogP contribution < -0.4 is 0 Å². The highest BCUT2D eigenvalue weighted by Gasteiger charge is 2.25. The largest absolute Gasteiger partial charge is 0.383 e. The van der Waals surface area contributed by atoms with Crippen molar-refractivity contribution in [2.24, 2.45) is 0 Å². The maximum atomic E-state index is 5.40. The Morgan fingerprint density at radius 2 is 2.11 bits per heavy atom. The van der Waals surface area contributed by atoms with Crippen molar-refractivity contribution >= 4 is 28.3 Å². The van der Waals surface area contributed by atoms with E-state index in [-0.39, 0.29) is 0 Å². The first kappa shape index (κ1) is 14.8. The fourth-order valence-electron chi connectivity index (χ4n) is 2.09. The first-order valence-corrected chi connectivity index (χ1v) is 7.81. The zero-order chi connectivity index (χ0) is 13.7. The lowest BCUT2D eigenvalue weighted by Gasteiger charge is -2.39. The highest BCUT2D eigenvalue weighted by Crippen LogP contribution is 2.27. The van der Waals surface area contributed by atoms with Gasteiger partial charge in [-0.3, -0.25) is 4.90 Å². The van der Waals surface area contributed by atoms with Gasteiger partial charge >= 0.3 is 0 Å². The van der Waals surface area contributed by atoms with Crippen LogP contribution in [0.15, 0.2) is 30.3 Å². The first-order chi connectivity index (χ1) is 9.22. The molecule has 0 bridgehead atoms. The van der Waals surface area contributed by atoms with E-state index in [0.717, 1.165) is 23.4 Å². The monoisotopic (exact) mass is 296 g/mol. The van der Waals surface area contributed by atoms with E-state index in [1.165, 1.54) is 5.56 Å². The number of thioether (sulfide) groups is 1. The molecule has 1 aliphatic heterocycles. The minimum absolute atomic E-state index is 0.404. The van der Waals surface area contributed by atoms with Crippen molar-refractivity contribution in [2.45, 2.75) is 13.0 Å². The fourth-order valence-corrected chi connectivity index (χ4v) is 3.31. The van der Waals surface area contributed by atoms with E-state index in [2.05, 4.69) is 47.1 Å². The van der Waals surface area contributed by atoms with Crippen molar-refractivity contribution in [2.75, 3.05) is 32.8 Å². The standard InChI is InChI=1S/C14H20N2OS2/c1-12(13-6-4-3-5-7-13)16-10-15(8-9-17-2)14(18)19-11-16/h3-7,12H,8-11H2,1-2H3. The molecule has 104 valence electrons. The van der Waals surface area contributed by atoms with Crippen LogP contribution in [0.2, 0.25) is 0 Å². The first-order valence-electron chi connectivity index (χ1n) is 6.42. The van der Waals surface area contributed by atoms with Crippen molar-refractivity contribution < 1.29 is 4.74 Å². The van der Waals surface area contributed by atoms with Gasteiger partial charge in [0.05, 0.1) is 19.2 Å². The molecule has 0 saturated carbocycles. The van der Waals surface area contributed by atoms with E-state index in [9.17, 15) is 0 Å². The highest BCUT2D eigenvalue weighted by atomic mass is 32.2. The normalized spacial score (nSPS) is 18.6. The van der Waals surface area contributed by atoms with E-state index in [1.54, 1.807) is 18.9 Å². The van der Waals surface area contributed by atoms with Gasteiger partial charge in [-0.1, -0.05) is 54.3 Å². The lowest BCUT2D eigenvalue weighted by Crippen LogP contribution is -2.46. The zero-order valence-corrected chi connectivity index (χ0v) is 13.0. The van der Waals surface area contributed by atoms with Crippen LogP contribution in [0.25, 0.3) is 0 Å². The summed E-state index contributed by atoms with van der Waals surface area (Å²) in [6.45, 7) is 4.71. The van der Waals surface area contributed by atoms with Gasteiger partial charge in [-0.05, 0) is 12.5 Å². The molecule has 0 spiro atoms. The molecular weight excluding hydrogens is 276 g/mol. The molecule has 1 saturated heterocycles. The van der Waals surface area contributed by atoms with Crippen LogP contribution in [0.3, 0.4) is 0 Å². The molecule has 0 radical (unpaired) electrons.